The number of amides is 1. The number of nitrogens with one attached hydrogen (secondary N) is 2. The van der Waals surface area contributed by atoms with Crippen LogP contribution in [0.1, 0.15) is 16.1 Å². The molecule has 0 saturated heterocycles. The van der Waals surface area contributed by atoms with Gasteiger partial charge >= 0.3 is 0 Å². The van der Waals surface area contributed by atoms with E-state index in [0.717, 1.165) is 5.56 Å². The van der Waals surface area contributed by atoms with E-state index >= 15 is 0 Å². The minimum Gasteiger partial charge on any atom is -0.347 e. The maximum Gasteiger partial charge on any atom is 0.273 e. The number of nitrogens with zero attached hydrogens (tertiary/aromatic N) is 2. The minimum absolute atomic E-state index is 0.224. The molecule has 0 aliphatic rings. The largest absolute Gasteiger partial charge is 0.347 e. The van der Waals surface area contributed by atoms with Crippen molar-refractivity contribution in [2.24, 2.45) is 0 Å². The highest BCUT2D eigenvalue weighted by atomic mass is 19.1. The Labute approximate surface area is 90.7 Å². The van der Waals surface area contributed by atoms with Crippen LogP contribution >= 0.6 is 0 Å². The predicted octanol–water partition coefficient (Wildman–Crippen LogP) is 0.874. The van der Waals surface area contributed by atoms with Crippen LogP contribution in [-0.2, 0) is 6.54 Å². The zero-order chi connectivity index (χ0) is 11.4. The highest BCUT2D eigenvalue weighted by Crippen LogP contribution is 2.02. The topological polar surface area (TPSA) is 70.7 Å². The smallest absolute Gasteiger partial charge is 0.273 e. The van der Waals surface area contributed by atoms with Crippen LogP contribution in [0.25, 0.3) is 0 Å². The molecule has 2 rings (SSSR count). The summed E-state index contributed by atoms with van der Waals surface area (Å²) in [6.07, 6.45) is 1.33. The molecule has 0 fully saturated rings. The molecule has 5 nitrogen and oxygen atoms in total. The molecule has 2 aromatic rings. The lowest BCUT2D eigenvalue weighted by Gasteiger charge is -2.02. The van der Waals surface area contributed by atoms with Crippen molar-refractivity contribution in [3.63, 3.8) is 0 Å². The first-order valence-electron chi connectivity index (χ1n) is 4.64. The number of aromatic amines is 1. The number of H-pyrrole nitrogens is 1. The van der Waals surface area contributed by atoms with Crippen molar-refractivity contribution in [3.8, 4) is 0 Å². The molecule has 1 amide bonds. The molecular weight excluding hydrogens is 211 g/mol. The van der Waals surface area contributed by atoms with Gasteiger partial charge in [0.25, 0.3) is 5.91 Å². The van der Waals surface area contributed by atoms with E-state index in [-0.39, 0.29) is 17.4 Å². The number of carbonyl (C=O) groups is 1. The highest BCUT2D eigenvalue weighted by Gasteiger charge is 2.07. The standard InChI is InChI=1S/C10H9FN4O/c11-8-3-1-7(2-4-8)5-12-10(16)9-6-13-15-14-9/h1-4,6H,5H2,(H,12,16)(H,13,14,15). The van der Waals surface area contributed by atoms with Crippen LogP contribution in [0.5, 0.6) is 0 Å². The Hall–Kier alpha value is -2.24. The second-order valence-corrected chi connectivity index (χ2v) is 3.16. The monoisotopic (exact) mass is 220 g/mol. The SMILES string of the molecule is O=C(NCc1ccc(F)cc1)c1cn[nH]n1. The van der Waals surface area contributed by atoms with Crippen molar-refractivity contribution >= 4 is 5.91 Å². The van der Waals surface area contributed by atoms with E-state index in [4.69, 9.17) is 0 Å². The minimum atomic E-state index is -0.321. The van der Waals surface area contributed by atoms with Crippen molar-refractivity contribution < 1.29 is 9.18 Å². The number of aromatic nitrogens is 3. The predicted molar refractivity (Wildman–Crippen MR) is 54.0 cm³/mol. The summed E-state index contributed by atoms with van der Waals surface area (Å²) < 4.78 is 12.6. The number of carbonyl (C=O) groups excluding carboxylic acids is 1. The number of rotatable bonds is 3. The summed E-state index contributed by atoms with van der Waals surface area (Å²) in [7, 11) is 0. The first kappa shape index (κ1) is 10.3. The summed E-state index contributed by atoms with van der Waals surface area (Å²) in [5, 5.41) is 12.1. The highest BCUT2D eigenvalue weighted by molar-refractivity contribution is 5.91. The fraction of sp³-hybridized carbons (Fsp3) is 0.100. The second kappa shape index (κ2) is 4.52. The molecule has 1 aromatic heterocycles. The number of hydrogen-bond donors (Lipinski definition) is 2. The Balaban J connectivity index is 1.93. The summed E-state index contributed by atoms with van der Waals surface area (Å²) in [5.74, 6) is -0.621. The molecular formula is C10H9FN4O. The van der Waals surface area contributed by atoms with Gasteiger partial charge in [-0.05, 0) is 17.7 Å². The van der Waals surface area contributed by atoms with Crippen molar-refractivity contribution in [1.82, 2.24) is 20.7 Å². The fourth-order valence-electron chi connectivity index (χ4n) is 1.19. The van der Waals surface area contributed by atoms with Gasteiger partial charge in [0, 0.05) is 6.54 Å². The van der Waals surface area contributed by atoms with Gasteiger partial charge in [-0.2, -0.15) is 15.4 Å². The van der Waals surface area contributed by atoms with Gasteiger partial charge in [0.1, 0.15) is 5.82 Å². The summed E-state index contributed by atoms with van der Waals surface area (Å²) in [6.45, 7) is 0.325. The zero-order valence-corrected chi connectivity index (χ0v) is 8.27. The molecule has 82 valence electrons. The van der Waals surface area contributed by atoms with Crippen LogP contribution in [0.2, 0.25) is 0 Å². The average Bonchev–Trinajstić information content (AvgIpc) is 2.81. The number of hydrogen-bond acceptors (Lipinski definition) is 3. The molecule has 0 radical (unpaired) electrons. The molecule has 1 heterocycles. The van der Waals surface area contributed by atoms with E-state index in [2.05, 4.69) is 20.7 Å². The van der Waals surface area contributed by atoms with Gasteiger partial charge in [-0.25, -0.2) is 4.39 Å². The normalized spacial score (nSPS) is 10.1. The molecule has 0 atom stereocenters. The lowest BCUT2D eigenvalue weighted by atomic mass is 10.2. The Morgan fingerprint density at radius 1 is 1.38 bits per heavy atom. The van der Waals surface area contributed by atoms with Crippen LogP contribution in [0.15, 0.2) is 30.5 Å². The molecule has 1 aromatic carbocycles. The van der Waals surface area contributed by atoms with Crippen molar-refractivity contribution in [2.75, 3.05) is 0 Å². The second-order valence-electron chi connectivity index (χ2n) is 3.16. The zero-order valence-electron chi connectivity index (χ0n) is 8.27. The lowest BCUT2D eigenvalue weighted by molar-refractivity contribution is 0.0946. The third-order valence-electron chi connectivity index (χ3n) is 2.01. The van der Waals surface area contributed by atoms with E-state index < -0.39 is 0 Å². The number of benzene rings is 1. The van der Waals surface area contributed by atoms with Gasteiger partial charge in [0.05, 0.1) is 6.20 Å². The summed E-state index contributed by atoms with van der Waals surface area (Å²) in [6, 6.07) is 5.91. The molecule has 2 N–H and O–H groups in total. The van der Waals surface area contributed by atoms with Crippen molar-refractivity contribution in [3.05, 3.63) is 47.5 Å². The first-order valence-corrected chi connectivity index (χ1v) is 4.64. The van der Waals surface area contributed by atoms with E-state index in [9.17, 15) is 9.18 Å². The molecule has 0 saturated carbocycles. The maximum absolute atomic E-state index is 12.6. The van der Waals surface area contributed by atoms with E-state index in [0.29, 0.717) is 6.54 Å². The Morgan fingerprint density at radius 2 is 2.12 bits per heavy atom. The molecule has 0 spiro atoms. The van der Waals surface area contributed by atoms with Gasteiger partial charge < -0.3 is 5.32 Å². The quantitative estimate of drug-likeness (QED) is 0.806. The van der Waals surface area contributed by atoms with Crippen LogP contribution in [0, 0.1) is 5.82 Å². The van der Waals surface area contributed by atoms with E-state index in [1.807, 2.05) is 0 Å². The van der Waals surface area contributed by atoms with Crippen LogP contribution in [0.4, 0.5) is 4.39 Å². The van der Waals surface area contributed by atoms with Crippen LogP contribution < -0.4 is 5.32 Å². The molecule has 16 heavy (non-hydrogen) atoms. The van der Waals surface area contributed by atoms with Crippen molar-refractivity contribution in [1.29, 1.82) is 0 Å². The van der Waals surface area contributed by atoms with Crippen molar-refractivity contribution in [2.45, 2.75) is 6.54 Å². The molecule has 0 aliphatic carbocycles. The van der Waals surface area contributed by atoms with E-state index in [1.54, 1.807) is 12.1 Å². The van der Waals surface area contributed by atoms with Gasteiger partial charge in [0.2, 0.25) is 0 Å². The summed E-state index contributed by atoms with van der Waals surface area (Å²) in [4.78, 5) is 11.4. The summed E-state index contributed by atoms with van der Waals surface area (Å²) >= 11 is 0. The third kappa shape index (κ3) is 2.41. The average molecular weight is 220 g/mol. The molecule has 0 bridgehead atoms. The molecule has 0 unspecified atom stereocenters. The lowest BCUT2D eigenvalue weighted by Crippen LogP contribution is -2.23. The van der Waals surface area contributed by atoms with Gasteiger partial charge in [0.15, 0.2) is 5.69 Å². The van der Waals surface area contributed by atoms with Gasteiger partial charge in [-0.15, -0.1) is 0 Å². The molecule has 6 heteroatoms. The third-order valence-corrected chi connectivity index (χ3v) is 2.01. The van der Waals surface area contributed by atoms with Gasteiger partial charge in [-0.1, -0.05) is 12.1 Å². The first-order chi connectivity index (χ1) is 7.75. The van der Waals surface area contributed by atoms with Crippen LogP contribution in [-0.4, -0.2) is 21.3 Å². The Kier molecular flexibility index (Phi) is 2.90. The number of halogens is 1. The Bertz CT molecular complexity index is 466. The Morgan fingerprint density at radius 3 is 2.75 bits per heavy atom. The van der Waals surface area contributed by atoms with E-state index in [1.165, 1.54) is 18.3 Å². The summed E-state index contributed by atoms with van der Waals surface area (Å²) in [5.41, 5.74) is 1.04. The fourth-order valence-corrected chi connectivity index (χ4v) is 1.19. The van der Waals surface area contributed by atoms with Gasteiger partial charge in [-0.3, -0.25) is 4.79 Å². The maximum atomic E-state index is 12.6. The van der Waals surface area contributed by atoms with Crippen LogP contribution in [0.3, 0.4) is 0 Å². The molecule has 0 aliphatic heterocycles.